The van der Waals surface area contributed by atoms with E-state index in [0.717, 1.165) is 43.3 Å². The molecule has 1 N–H and O–H groups in total. The summed E-state index contributed by atoms with van der Waals surface area (Å²) in [4.78, 5) is 16.2. The van der Waals surface area contributed by atoms with Crippen molar-refractivity contribution in [1.29, 1.82) is 5.26 Å². The standard InChI is InChI=1S/C14H16N6/c15-2-4-19-5-7-20(8-6-19)14-17-10-13(11-18-14)12-1-3-16-9-12/h1,3,9-11,16H,4-8H2. The van der Waals surface area contributed by atoms with Crippen molar-refractivity contribution in [3.63, 3.8) is 0 Å². The van der Waals surface area contributed by atoms with Crippen molar-refractivity contribution in [3.8, 4) is 17.2 Å². The summed E-state index contributed by atoms with van der Waals surface area (Å²) in [5.74, 6) is 0.765. The Morgan fingerprint density at radius 3 is 2.50 bits per heavy atom. The van der Waals surface area contributed by atoms with Crippen LogP contribution in [0.4, 0.5) is 5.95 Å². The molecule has 3 rings (SSSR count). The van der Waals surface area contributed by atoms with Gasteiger partial charge in [-0.05, 0) is 6.07 Å². The second-order valence-electron chi connectivity index (χ2n) is 4.79. The second kappa shape index (κ2) is 5.72. The molecule has 0 unspecified atom stereocenters. The van der Waals surface area contributed by atoms with Gasteiger partial charge < -0.3 is 9.88 Å². The van der Waals surface area contributed by atoms with Gasteiger partial charge in [-0.3, -0.25) is 4.90 Å². The molecular formula is C14H16N6. The number of nitrogens with one attached hydrogen (secondary N) is 1. The lowest BCUT2D eigenvalue weighted by atomic mass is 10.2. The Labute approximate surface area is 117 Å². The molecule has 1 saturated heterocycles. The number of piperazine rings is 1. The third kappa shape index (κ3) is 2.63. The molecule has 0 amide bonds. The molecule has 0 aliphatic carbocycles. The molecule has 1 aliphatic heterocycles. The average molecular weight is 268 g/mol. The Morgan fingerprint density at radius 2 is 1.90 bits per heavy atom. The lowest BCUT2D eigenvalue weighted by Crippen LogP contribution is -2.47. The summed E-state index contributed by atoms with van der Waals surface area (Å²) in [6, 6.07) is 4.19. The van der Waals surface area contributed by atoms with E-state index in [0.29, 0.717) is 6.54 Å². The first kappa shape index (κ1) is 12.6. The van der Waals surface area contributed by atoms with E-state index < -0.39 is 0 Å². The van der Waals surface area contributed by atoms with Gasteiger partial charge in [-0.15, -0.1) is 0 Å². The van der Waals surface area contributed by atoms with Crippen LogP contribution in [0.15, 0.2) is 30.9 Å². The Kier molecular flexibility index (Phi) is 3.61. The number of aromatic amines is 1. The van der Waals surface area contributed by atoms with Gasteiger partial charge in [-0.1, -0.05) is 0 Å². The molecule has 3 heterocycles. The minimum absolute atomic E-state index is 0.501. The van der Waals surface area contributed by atoms with Crippen LogP contribution in [-0.2, 0) is 0 Å². The van der Waals surface area contributed by atoms with E-state index in [4.69, 9.17) is 5.26 Å². The zero-order chi connectivity index (χ0) is 13.8. The third-order valence-corrected chi connectivity index (χ3v) is 3.52. The first-order valence-electron chi connectivity index (χ1n) is 6.66. The predicted octanol–water partition coefficient (Wildman–Crippen LogP) is 1.12. The summed E-state index contributed by atoms with van der Waals surface area (Å²) in [7, 11) is 0. The monoisotopic (exact) mass is 268 g/mol. The second-order valence-corrected chi connectivity index (χ2v) is 4.79. The van der Waals surface area contributed by atoms with E-state index in [1.54, 1.807) is 0 Å². The van der Waals surface area contributed by atoms with Gasteiger partial charge in [0.05, 0.1) is 12.6 Å². The molecule has 6 heteroatoms. The van der Waals surface area contributed by atoms with Crippen LogP contribution in [0.3, 0.4) is 0 Å². The van der Waals surface area contributed by atoms with Crippen molar-refractivity contribution in [1.82, 2.24) is 19.9 Å². The zero-order valence-electron chi connectivity index (χ0n) is 11.2. The Morgan fingerprint density at radius 1 is 1.15 bits per heavy atom. The Hall–Kier alpha value is -2.39. The summed E-state index contributed by atoms with van der Waals surface area (Å²) < 4.78 is 0. The molecule has 0 atom stereocenters. The molecule has 0 aromatic carbocycles. The van der Waals surface area contributed by atoms with Crippen LogP contribution in [0.1, 0.15) is 0 Å². The summed E-state index contributed by atoms with van der Waals surface area (Å²) in [5, 5.41) is 8.69. The average Bonchev–Trinajstić information content (AvgIpc) is 3.03. The van der Waals surface area contributed by atoms with Crippen molar-refractivity contribution in [2.45, 2.75) is 0 Å². The van der Waals surface area contributed by atoms with Crippen molar-refractivity contribution in [2.24, 2.45) is 0 Å². The molecule has 6 nitrogen and oxygen atoms in total. The SMILES string of the molecule is N#CCN1CCN(c2ncc(-c3cc[nH]c3)cn2)CC1. The number of rotatable bonds is 3. The topological polar surface area (TPSA) is 71.8 Å². The predicted molar refractivity (Wildman–Crippen MR) is 76.1 cm³/mol. The van der Waals surface area contributed by atoms with Crippen molar-refractivity contribution in [2.75, 3.05) is 37.6 Å². The highest BCUT2D eigenvalue weighted by molar-refractivity contribution is 5.61. The maximum absolute atomic E-state index is 8.69. The van der Waals surface area contributed by atoms with Gasteiger partial charge in [0.25, 0.3) is 0 Å². The molecule has 1 fully saturated rings. The molecule has 20 heavy (non-hydrogen) atoms. The molecule has 0 bridgehead atoms. The quantitative estimate of drug-likeness (QED) is 0.844. The number of H-pyrrole nitrogens is 1. The Balaban J connectivity index is 1.66. The molecule has 2 aromatic rings. The van der Waals surface area contributed by atoms with Crippen LogP contribution in [0.2, 0.25) is 0 Å². The maximum Gasteiger partial charge on any atom is 0.225 e. The van der Waals surface area contributed by atoms with Crippen molar-refractivity contribution < 1.29 is 0 Å². The molecule has 2 aromatic heterocycles. The van der Waals surface area contributed by atoms with Gasteiger partial charge in [0, 0.05) is 62.1 Å². The number of nitrogens with zero attached hydrogens (tertiary/aromatic N) is 5. The van der Waals surface area contributed by atoms with Crippen LogP contribution in [0.5, 0.6) is 0 Å². The van der Waals surface area contributed by atoms with Crippen LogP contribution < -0.4 is 4.90 Å². The summed E-state index contributed by atoms with van der Waals surface area (Å²) in [5.41, 5.74) is 2.11. The Bertz CT molecular complexity index is 575. The fourth-order valence-electron chi connectivity index (χ4n) is 2.34. The number of anilines is 1. The normalized spacial score (nSPS) is 16.1. The minimum Gasteiger partial charge on any atom is -0.367 e. The van der Waals surface area contributed by atoms with Crippen LogP contribution in [0, 0.1) is 11.3 Å². The summed E-state index contributed by atoms with van der Waals surface area (Å²) >= 11 is 0. The van der Waals surface area contributed by atoms with E-state index in [9.17, 15) is 0 Å². The molecular weight excluding hydrogens is 252 g/mol. The zero-order valence-corrected chi connectivity index (χ0v) is 11.2. The van der Waals surface area contributed by atoms with E-state index in [1.807, 2.05) is 30.9 Å². The fourth-order valence-corrected chi connectivity index (χ4v) is 2.34. The van der Waals surface area contributed by atoms with Gasteiger partial charge in [0.15, 0.2) is 0 Å². The molecule has 0 saturated carbocycles. The summed E-state index contributed by atoms with van der Waals surface area (Å²) in [6.07, 6.45) is 7.52. The smallest absolute Gasteiger partial charge is 0.225 e. The summed E-state index contributed by atoms with van der Waals surface area (Å²) in [6.45, 7) is 4.00. The van der Waals surface area contributed by atoms with E-state index in [-0.39, 0.29) is 0 Å². The molecule has 102 valence electrons. The van der Waals surface area contributed by atoms with Crippen molar-refractivity contribution in [3.05, 3.63) is 30.9 Å². The highest BCUT2D eigenvalue weighted by Crippen LogP contribution is 2.18. The van der Waals surface area contributed by atoms with Gasteiger partial charge in [-0.25, -0.2) is 9.97 Å². The fraction of sp³-hybridized carbons (Fsp3) is 0.357. The van der Waals surface area contributed by atoms with Crippen LogP contribution in [-0.4, -0.2) is 52.6 Å². The van der Waals surface area contributed by atoms with Gasteiger partial charge >= 0.3 is 0 Å². The van der Waals surface area contributed by atoms with Crippen molar-refractivity contribution >= 4 is 5.95 Å². The highest BCUT2D eigenvalue weighted by atomic mass is 15.3. The van der Waals surface area contributed by atoms with E-state index >= 15 is 0 Å². The molecule has 1 aliphatic rings. The van der Waals surface area contributed by atoms with E-state index in [2.05, 4.69) is 30.8 Å². The first-order chi connectivity index (χ1) is 9.86. The number of hydrogen-bond donors (Lipinski definition) is 1. The maximum atomic E-state index is 8.69. The third-order valence-electron chi connectivity index (χ3n) is 3.52. The van der Waals surface area contributed by atoms with Gasteiger partial charge in [-0.2, -0.15) is 5.26 Å². The molecule has 0 spiro atoms. The lowest BCUT2D eigenvalue weighted by Gasteiger charge is -2.33. The highest BCUT2D eigenvalue weighted by Gasteiger charge is 2.18. The number of nitriles is 1. The number of hydrogen-bond acceptors (Lipinski definition) is 5. The van der Waals surface area contributed by atoms with E-state index in [1.165, 1.54) is 0 Å². The van der Waals surface area contributed by atoms with Crippen LogP contribution >= 0.6 is 0 Å². The van der Waals surface area contributed by atoms with Gasteiger partial charge in [0.2, 0.25) is 5.95 Å². The van der Waals surface area contributed by atoms with Gasteiger partial charge in [0.1, 0.15) is 0 Å². The van der Waals surface area contributed by atoms with Crippen LogP contribution in [0.25, 0.3) is 11.1 Å². The molecule has 0 radical (unpaired) electrons. The largest absolute Gasteiger partial charge is 0.367 e. The lowest BCUT2D eigenvalue weighted by molar-refractivity contribution is 0.285. The first-order valence-corrected chi connectivity index (χ1v) is 6.66. The number of aromatic nitrogens is 3. The minimum atomic E-state index is 0.501.